The molecule has 2 fully saturated rings. The highest BCUT2D eigenvalue weighted by Gasteiger charge is 2.50. The summed E-state index contributed by atoms with van der Waals surface area (Å²) in [5.41, 5.74) is 1.16. The van der Waals surface area contributed by atoms with Crippen molar-refractivity contribution in [2.75, 3.05) is 23.8 Å². The molecule has 0 aromatic heterocycles. The molecule has 10 heteroatoms. The van der Waals surface area contributed by atoms with E-state index in [-0.39, 0.29) is 13.2 Å². The second kappa shape index (κ2) is 12.6. The van der Waals surface area contributed by atoms with Crippen LogP contribution in [0.2, 0.25) is 0 Å². The molecule has 2 saturated heterocycles. The lowest BCUT2D eigenvalue weighted by Crippen LogP contribution is -2.46. The maximum absolute atomic E-state index is 12.7. The van der Waals surface area contributed by atoms with Crippen LogP contribution in [0.1, 0.15) is 0 Å². The summed E-state index contributed by atoms with van der Waals surface area (Å²) in [6, 6.07) is 32.1. The highest BCUT2D eigenvalue weighted by molar-refractivity contribution is 5.89. The zero-order chi connectivity index (χ0) is 28.7. The molecular formula is C32H29N3O7. The van der Waals surface area contributed by atoms with Gasteiger partial charge in [0.1, 0.15) is 35.2 Å². The Balaban J connectivity index is 0.950. The molecule has 3 amide bonds. The van der Waals surface area contributed by atoms with Gasteiger partial charge in [0.2, 0.25) is 0 Å². The van der Waals surface area contributed by atoms with E-state index >= 15 is 0 Å². The third kappa shape index (κ3) is 6.80. The van der Waals surface area contributed by atoms with E-state index in [4.69, 9.17) is 23.7 Å². The van der Waals surface area contributed by atoms with Gasteiger partial charge in [0.25, 0.3) is 0 Å². The van der Waals surface area contributed by atoms with Crippen molar-refractivity contribution in [3.63, 3.8) is 0 Å². The molecule has 10 nitrogen and oxygen atoms in total. The van der Waals surface area contributed by atoms with E-state index in [1.807, 2.05) is 60.7 Å². The van der Waals surface area contributed by atoms with Gasteiger partial charge < -0.3 is 34.3 Å². The molecule has 0 spiro atoms. The Morgan fingerprint density at radius 1 is 0.595 bits per heavy atom. The number of carbonyl (C=O) groups excluding carboxylic acids is 2. The number of hydrogen-bond acceptors (Lipinski definition) is 7. The van der Waals surface area contributed by atoms with Crippen LogP contribution in [0.4, 0.5) is 21.0 Å². The molecule has 0 aliphatic carbocycles. The van der Waals surface area contributed by atoms with Crippen molar-refractivity contribution < 1.29 is 33.3 Å². The van der Waals surface area contributed by atoms with E-state index in [0.717, 1.165) is 11.5 Å². The summed E-state index contributed by atoms with van der Waals surface area (Å²) >= 11 is 0. The van der Waals surface area contributed by atoms with Gasteiger partial charge in [0.05, 0.1) is 19.3 Å². The number of carbonyl (C=O) groups is 2. The number of benzene rings is 4. The first-order valence-electron chi connectivity index (χ1n) is 13.5. The molecule has 214 valence electrons. The number of urea groups is 1. The highest BCUT2D eigenvalue weighted by Crippen LogP contribution is 2.30. The molecule has 2 aliphatic heterocycles. The Morgan fingerprint density at radius 2 is 1.10 bits per heavy atom. The zero-order valence-electron chi connectivity index (χ0n) is 22.5. The Morgan fingerprint density at radius 3 is 1.67 bits per heavy atom. The fraction of sp³-hybridized carbons (Fsp3) is 0.188. The molecule has 4 aromatic rings. The summed E-state index contributed by atoms with van der Waals surface area (Å²) < 4.78 is 28.8. The summed E-state index contributed by atoms with van der Waals surface area (Å²) in [5, 5.41) is 8.41. The molecule has 2 aliphatic rings. The van der Waals surface area contributed by atoms with Gasteiger partial charge in [-0.3, -0.25) is 5.32 Å². The van der Waals surface area contributed by atoms with Crippen LogP contribution in [0.15, 0.2) is 109 Å². The number of anilines is 2. The minimum atomic E-state index is -0.626. The first kappa shape index (κ1) is 27.1. The average Bonchev–Trinajstić information content (AvgIpc) is 3.59. The molecule has 0 saturated carbocycles. The predicted molar refractivity (Wildman–Crippen MR) is 155 cm³/mol. The highest BCUT2D eigenvalue weighted by atomic mass is 16.6. The number of para-hydroxylation sites is 2. The summed E-state index contributed by atoms with van der Waals surface area (Å²) in [6.45, 7) is 0.395. The maximum atomic E-state index is 12.7. The number of fused-ring (bicyclic) bond motifs is 1. The lowest BCUT2D eigenvalue weighted by molar-refractivity contribution is 0.00873. The van der Waals surface area contributed by atoms with Crippen molar-refractivity contribution in [2.45, 2.75) is 24.4 Å². The van der Waals surface area contributed by atoms with Gasteiger partial charge in [-0.2, -0.15) is 0 Å². The van der Waals surface area contributed by atoms with Gasteiger partial charge in [-0.05, 0) is 72.8 Å². The van der Waals surface area contributed by atoms with Gasteiger partial charge in [0, 0.05) is 11.4 Å². The number of amides is 3. The predicted octanol–water partition coefficient (Wildman–Crippen LogP) is 6.18. The second-order valence-corrected chi connectivity index (χ2v) is 9.75. The Kier molecular flexibility index (Phi) is 8.16. The van der Waals surface area contributed by atoms with E-state index in [9.17, 15) is 9.59 Å². The van der Waals surface area contributed by atoms with Crippen LogP contribution in [0.3, 0.4) is 0 Å². The lowest BCUT2D eigenvalue weighted by atomic mass is 10.1. The number of hydrogen-bond donors (Lipinski definition) is 3. The standard InChI is InChI=1S/C32H29N3O7/c36-31(33-21-11-15-25(16-12-21)40-23-7-3-1-4-8-23)35-27-19-38-30-28(20-39-29(27)30)42-32(37)34-22-13-17-26(18-14-22)41-24-9-5-2-6-10-24/h1-18,27-30H,19-20H2,(H,34,37)(H2,33,35,36)/t27-,28+,29+,30+/m0/s1. The van der Waals surface area contributed by atoms with Crippen LogP contribution in [0, 0.1) is 0 Å². The van der Waals surface area contributed by atoms with Crippen molar-refractivity contribution >= 4 is 23.5 Å². The van der Waals surface area contributed by atoms with Gasteiger partial charge >= 0.3 is 12.1 Å². The molecule has 0 radical (unpaired) electrons. The van der Waals surface area contributed by atoms with Crippen molar-refractivity contribution in [3.05, 3.63) is 109 Å². The zero-order valence-corrected chi connectivity index (χ0v) is 22.5. The number of nitrogens with one attached hydrogen (secondary N) is 3. The summed E-state index contributed by atoms with van der Waals surface area (Å²) in [5.74, 6) is 2.75. The third-order valence-electron chi connectivity index (χ3n) is 6.75. The summed E-state index contributed by atoms with van der Waals surface area (Å²) in [6.07, 6.45) is -2.16. The molecular weight excluding hydrogens is 538 g/mol. The van der Waals surface area contributed by atoms with Crippen LogP contribution in [-0.4, -0.2) is 49.7 Å². The van der Waals surface area contributed by atoms with Crippen molar-refractivity contribution in [1.29, 1.82) is 0 Å². The number of rotatable bonds is 8. The molecule has 0 bridgehead atoms. The van der Waals surface area contributed by atoms with E-state index in [1.165, 1.54) is 0 Å². The van der Waals surface area contributed by atoms with Crippen molar-refractivity contribution in [2.24, 2.45) is 0 Å². The van der Waals surface area contributed by atoms with E-state index in [1.54, 1.807) is 48.5 Å². The van der Waals surface area contributed by atoms with Crippen molar-refractivity contribution in [1.82, 2.24) is 5.32 Å². The summed E-state index contributed by atoms with van der Waals surface area (Å²) in [4.78, 5) is 25.2. The molecule has 4 aromatic carbocycles. The van der Waals surface area contributed by atoms with Crippen LogP contribution in [0.5, 0.6) is 23.0 Å². The van der Waals surface area contributed by atoms with E-state index in [2.05, 4.69) is 16.0 Å². The van der Waals surface area contributed by atoms with E-state index in [0.29, 0.717) is 22.9 Å². The molecule has 3 N–H and O–H groups in total. The molecule has 2 heterocycles. The minimum absolute atomic E-state index is 0.162. The second-order valence-electron chi connectivity index (χ2n) is 9.75. The van der Waals surface area contributed by atoms with Crippen molar-refractivity contribution in [3.8, 4) is 23.0 Å². The molecule has 42 heavy (non-hydrogen) atoms. The largest absolute Gasteiger partial charge is 0.457 e. The average molecular weight is 568 g/mol. The van der Waals surface area contributed by atoms with Crippen LogP contribution < -0.4 is 25.4 Å². The molecule has 6 rings (SSSR count). The molecule has 0 unspecified atom stereocenters. The van der Waals surface area contributed by atoms with Gasteiger partial charge in [-0.25, -0.2) is 9.59 Å². The van der Waals surface area contributed by atoms with Gasteiger partial charge in [-0.15, -0.1) is 0 Å². The third-order valence-corrected chi connectivity index (χ3v) is 6.75. The van der Waals surface area contributed by atoms with Crippen LogP contribution >= 0.6 is 0 Å². The SMILES string of the molecule is O=C(Nc1ccc(Oc2ccccc2)cc1)N[C@H]1CO[C@H]2[C@@H]1OC[C@H]2OC(=O)Nc1ccc(Oc2ccccc2)cc1. The van der Waals surface area contributed by atoms with Gasteiger partial charge in [-0.1, -0.05) is 36.4 Å². The first-order chi connectivity index (χ1) is 20.6. The topological polar surface area (TPSA) is 116 Å². The lowest BCUT2D eigenvalue weighted by Gasteiger charge is -2.18. The maximum Gasteiger partial charge on any atom is 0.412 e. The van der Waals surface area contributed by atoms with Crippen LogP contribution in [0.25, 0.3) is 0 Å². The van der Waals surface area contributed by atoms with Gasteiger partial charge in [0.15, 0.2) is 6.10 Å². The number of ether oxygens (including phenoxy) is 5. The Labute approximate surface area is 242 Å². The fourth-order valence-corrected chi connectivity index (χ4v) is 4.77. The first-order valence-corrected chi connectivity index (χ1v) is 13.5. The van der Waals surface area contributed by atoms with Crippen LogP contribution in [-0.2, 0) is 14.2 Å². The minimum Gasteiger partial charge on any atom is -0.457 e. The Hall–Kier alpha value is -5.06. The fourth-order valence-electron chi connectivity index (χ4n) is 4.77. The quantitative estimate of drug-likeness (QED) is 0.233. The molecule has 4 atom stereocenters. The Bertz CT molecular complexity index is 1370. The smallest absolute Gasteiger partial charge is 0.412 e. The summed E-state index contributed by atoms with van der Waals surface area (Å²) in [7, 11) is 0. The normalized spacial score (nSPS) is 20.7. The monoisotopic (exact) mass is 567 g/mol. The van der Waals surface area contributed by atoms with E-state index < -0.39 is 36.5 Å².